The predicted octanol–water partition coefficient (Wildman–Crippen LogP) is 2.97. The monoisotopic (exact) mass is 237 g/mol. The molecule has 3 nitrogen and oxygen atoms in total. The van der Waals surface area contributed by atoms with Crippen molar-refractivity contribution in [1.29, 1.82) is 0 Å². The first-order chi connectivity index (χ1) is 7.74. The molecule has 1 heterocycles. The van der Waals surface area contributed by atoms with Gasteiger partial charge in [0, 0.05) is 6.54 Å². The van der Waals surface area contributed by atoms with Crippen molar-refractivity contribution in [2.75, 3.05) is 6.54 Å². The zero-order valence-electron chi connectivity index (χ0n) is 8.94. The van der Waals surface area contributed by atoms with Crippen molar-refractivity contribution in [3.05, 3.63) is 41.2 Å². The number of benzene rings is 1. The topological polar surface area (TPSA) is 29.5 Å². The minimum Gasteiger partial charge on any atom is -0.461 e. The lowest BCUT2D eigenvalue weighted by Gasteiger charge is -2.18. The highest BCUT2D eigenvalue weighted by atomic mass is 35.5. The number of amides is 1. The first-order valence-electron chi connectivity index (χ1n) is 5.17. The largest absolute Gasteiger partial charge is 0.461 e. The smallest absolute Gasteiger partial charge is 0.262 e. The van der Waals surface area contributed by atoms with Gasteiger partial charge >= 0.3 is 0 Å². The number of para-hydroxylation sites is 1. The summed E-state index contributed by atoms with van der Waals surface area (Å²) >= 11 is 5.99. The Bertz CT molecular complexity index is 442. The Hall–Kier alpha value is -1.48. The van der Waals surface area contributed by atoms with E-state index in [1.165, 1.54) is 11.2 Å². The van der Waals surface area contributed by atoms with Crippen molar-refractivity contribution < 1.29 is 9.53 Å². The maximum absolute atomic E-state index is 12.2. The minimum absolute atomic E-state index is 0.115. The van der Waals surface area contributed by atoms with Gasteiger partial charge in [-0.3, -0.25) is 9.69 Å². The van der Waals surface area contributed by atoms with Gasteiger partial charge < -0.3 is 4.74 Å². The van der Waals surface area contributed by atoms with Crippen LogP contribution in [0.15, 0.2) is 35.7 Å². The van der Waals surface area contributed by atoms with Gasteiger partial charge in [0.15, 0.2) is 0 Å². The molecule has 0 saturated heterocycles. The van der Waals surface area contributed by atoms with E-state index < -0.39 is 0 Å². The van der Waals surface area contributed by atoms with Crippen molar-refractivity contribution in [1.82, 2.24) is 4.90 Å². The standard InChI is InChI=1S/C12H12ClNO2/c1-2-7-14-11(13)8-16-10-6-4-3-5-9(10)12(14)15/h3-6,8H,2,7H2,1H3. The second-order valence-corrected chi connectivity index (χ2v) is 3.90. The quantitative estimate of drug-likeness (QED) is 0.740. The molecule has 0 aromatic heterocycles. The van der Waals surface area contributed by atoms with Crippen LogP contribution in [0.2, 0.25) is 0 Å². The van der Waals surface area contributed by atoms with E-state index in [9.17, 15) is 4.79 Å². The highest BCUT2D eigenvalue weighted by molar-refractivity contribution is 6.30. The summed E-state index contributed by atoms with van der Waals surface area (Å²) in [5.41, 5.74) is 0.544. The summed E-state index contributed by atoms with van der Waals surface area (Å²) in [6.07, 6.45) is 2.25. The summed E-state index contributed by atoms with van der Waals surface area (Å²) in [5, 5.41) is 0.322. The summed E-state index contributed by atoms with van der Waals surface area (Å²) in [7, 11) is 0. The van der Waals surface area contributed by atoms with Crippen LogP contribution in [0.4, 0.5) is 0 Å². The van der Waals surface area contributed by atoms with Crippen LogP contribution in [0, 0.1) is 0 Å². The maximum Gasteiger partial charge on any atom is 0.262 e. The third-order valence-electron chi connectivity index (χ3n) is 2.35. The number of nitrogens with zero attached hydrogens (tertiary/aromatic N) is 1. The third kappa shape index (κ3) is 1.91. The molecule has 0 unspecified atom stereocenters. The molecule has 1 amide bonds. The van der Waals surface area contributed by atoms with Crippen LogP contribution in [-0.4, -0.2) is 17.4 Å². The molecule has 0 atom stereocenters. The molecule has 4 heteroatoms. The Kier molecular flexibility index (Phi) is 3.15. The number of fused-ring (bicyclic) bond motifs is 1. The fraction of sp³-hybridized carbons (Fsp3) is 0.250. The predicted molar refractivity (Wildman–Crippen MR) is 62.3 cm³/mol. The molecule has 1 aromatic carbocycles. The second-order valence-electron chi connectivity index (χ2n) is 3.51. The third-order valence-corrected chi connectivity index (χ3v) is 2.64. The lowest BCUT2D eigenvalue weighted by molar-refractivity contribution is 0.0818. The van der Waals surface area contributed by atoms with Gasteiger partial charge in [-0.15, -0.1) is 0 Å². The van der Waals surface area contributed by atoms with Crippen molar-refractivity contribution in [3.63, 3.8) is 0 Å². The van der Waals surface area contributed by atoms with Crippen LogP contribution in [-0.2, 0) is 0 Å². The van der Waals surface area contributed by atoms with E-state index in [2.05, 4.69) is 0 Å². The lowest BCUT2D eigenvalue weighted by Crippen LogP contribution is -2.28. The molecule has 0 bridgehead atoms. The average Bonchev–Trinajstić information content (AvgIpc) is 2.42. The molecule has 0 aliphatic carbocycles. The first-order valence-corrected chi connectivity index (χ1v) is 5.55. The minimum atomic E-state index is -0.115. The summed E-state index contributed by atoms with van der Waals surface area (Å²) in [5.74, 6) is 0.431. The number of halogens is 1. The number of hydrogen-bond donors (Lipinski definition) is 0. The van der Waals surface area contributed by atoms with Gasteiger partial charge in [0.2, 0.25) is 0 Å². The molecule has 0 spiro atoms. The van der Waals surface area contributed by atoms with Crippen LogP contribution in [0.1, 0.15) is 23.7 Å². The van der Waals surface area contributed by atoms with Crippen molar-refractivity contribution in [3.8, 4) is 5.75 Å². The normalized spacial score (nSPS) is 15.0. The Morgan fingerprint density at radius 3 is 2.88 bits per heavy atom. The van der Waals surface area contributed by atoms with E-state index >= 15 is 0 Å². The summed E-state index contributed by atoms with van der Waals surface area (Å²) < 4.78 is 5.35. The van der Waals surface area contributed by atoms with Crippen molar-refractivity contribution in [2.45, 2.75) is 13.3 Å². The molecule has 16 heavy (non-hydrogen) atoms. The molecule has 1 aliphatic rings. The van der Waals surface area contributed by atoms with Gasteiger partial charge in [-0.2, -0.15) is 0 Å². The van der Waals surface area contributed by atoms with E-state index in [0.29, 0.717) is 23.0 Å². The highest BCUT2D eigenvalue weighted by Gasteiger charge is 2.24. The summed E-state index contributed by atoms with van der Waals surface area (Å²) in [6.45, 7) is 2.58. The Morgan fingerprint density at radius 2 is 2.12 bits per heavy atom. The molecule has 0 fully saturated rings. The molecule has 1 aromatic rings. The molecule has 0 radical (unpaired) electrons. The van der Waals surface area contributed by atoms with Gasteiger partial charge in [0.05, 0.1) is 5.56 Å². The number of carbonyl (C=O) groups is 1. The fourth-order valence-corrected chi connectivity index (χ4v) is 1.80. The van der Waals surface area contributed by atoms with Crippen LogP contribution in [0.5, 0.6) is 5.75 Å². The van der Waals surface area contributed by atoms with Crippen molar-refractivity contribution >= 4 is 17.5 Å². The van der Waals surface area contributed by atoms with Crippen LogP contribution in [0.25, 0.3) is 0 Å². The van der Waals surface area contributed by atoms with Gasteiger partial charge in [-0.05, 0) is 18.6 Å². The Morgan fingerprint density at radius 1 is 1.38 bits per heavy atom. The molecular formula is C12H12ClNO2. The van der Waals surface area contributed by atoms with E-state index in [-0.39, 0.29) is 5.91 Å². The molecule has 84 valence electrons. The van der Waals surface area contributed by atoms with E-state index in [0.717, 1.165) is 6.42 Å². The SMILES string of the molecule is CCCN1C(=O)c2ccccc2OC=C1Cl. The molecule has 0 N–H and O–H groups in total. The Balaban J connectivity index is 2.42. The zero-order chi connectivity index (χ0) is 11.5. The average molecular weight is 238 g/mol. The number of carbonyl (C=O) groups excluding carboxylic acids is 1. The van der Waals surface area contributed by atoms with Gasteiger partial charge in [-0.25, -0.2) is 0 Å². The molecule has 0 saturated carbocycles. The molecule has 2 rings (SSSR count). The first kappa shape index (κ1) is 11.0. The highest BCUT2D eigenvalue weighted by Crippen LogP contribution is 2.26. The summed E-state index contributed by atoms with van der Waals surface area (Å²) in [4.78, 5) is 13.7. The zero-order valence-corrected chi connectivity index (χ0v) is 9.70. The molecular weight excluding hydrogens is 226 g/mol. The van der Waals surface area contributed by atoms with Gasteiger partial charge in [-0.1, -0.05) is 30.7 Å². The van der Waals surface area contributed by atoms with Crippen LogP contribution < -0.4 is 4.74 Å². The second kappa shape index (κ2) is 4.58. The fourth-order valence-electron chi connectivity index (χ4n) is 1.60. The number of hydrogen-bond acceptors (Lipinski definition) is 2. The lowest BCUT2D eigenvalue weighted by atomic mass is 10.2. The number of rotatable bonds is 2. The van der Waals surface area contributed by atoms with Gasteiger partial charge in [0.1, 0.15) is 17.2 Å². The number of ether oxygens (including phenoxy) is 1. The van der Waals surface area contributed by atoms with Crippen LogP contribution in [0.3, 0.4) is 0 Å². The van der Waals surface area contributed by atoms with E-state index in [4.69, 9.17) is 16.3 Å². The Labute approximate surface area is 99.3 Å². The van der Waals surface area contributed by atoms with Crippen LogP contribution >= 0.6 is 11.6 Å². The van der Waals surface area contributed by atoms with E-state index in [1.807, 2.05) is 19.1 Å². The van der Waals surface area contributed by atoms with Gasteiger partial charge in [0.25, 0.3) is 5.91 Å². The van der Waals surface area contributed by atoms with E-state index in [1.54, 1.807) is 12.1 Å². The molecule has 1 aliphatic heterocycles. The maximum atomic E-state index is 12.2. The summed E-state index contributed by atoms with van der Waals surface area (Å²) in [6, 6.07) is 7.12. The van der Waals surface area contributed by atoms with Crippen molar-refractivity contribution in [2.24, 2.45) is 0 Å².